The van der Waals surface area contributed by atoms with Crippen molar-refractivity contribution in [3.63, 3.8) is 0 Å². The molecule has 0 aliphatic heterocycles. The van der Waals surface area contributed by atoms with Gasteiger partial charge in [-0.3, -0.25) is 0 Å². The van der Waals surface area contributed by atoms with Gasteiger partial charge in [0.2, 0.25) is 0 Å². The van der Waals surface area contributed by atoms with E-state index in [0.717, 1.165) is 18.2 Å². The van der Waals surface area contributed by atoms with E-state index in [4.69, 9.17) is 0 Å². The minimum atomic E-state index is -4.61. The highest BCUT2D eigenvalue weighted by molar-refractivity contribution is 5.73. The van der Waals surface area contributed by atoms with Crippen molar-refractivity contribution in [1.82, 2.24) is 0 Å². The van der Waals surface area contributed by atoms with Gasteiger partial charge in [0, 0.05) is 5.56 Å². The molecular formula is C18H17F5. The monoisotopic (exact) mass is 328 g/mol. The van der Waals surface area contributed by atoms with Crippen molar-refractivity contribution >= 4 is 0 Å². The molecule has 0 nitrogen and oxygen atoms in total. The molecule has 0 N–H and O–H groups in total. The molecule has 0 saturated carbocycles. The van der Waals surface area contributed by atoms with Crippen LogP contribution in [-0.4, -0.2) is 0 Å². The summed E-state index contributed by atoms with van der Waals surface area (Å²) in [4.78, 5) is 0. The highest BCUT2D eigenvalue weighted by Gasteiger charge is 2.35. The van der Waals surface area contributed by atoms with Crippen molar-refractivity contribution < 1.29 is 22.0 Å². The van der Waals surface area contributed by atoms with E-state index in [0.29, 0.717) is 11.1 Å². The Kier molecular flexibility index (Phi) is 4.51. The predicted molar refractivity (Wildman–Crippen MR) is 80.4 cm³/mol. The van der Waals surface area contributed by atoms with E-state index in [2.05, 4.69) is 0 Å². The Hall–Kier alpha value is -1.91. The molecule has 2 aromatic carbocycles. The van der Waals surface area contributed by atoms with Gasteiger partial charge in [-0.1, -0.05) is 25.5 Å². The molecule has 23 heavy (non-hydrogen) atoms. The van der Waals surface area contributed by atoms with E-state index >= 15 is 0 Å². The summed E-state index contributed by atoms with van der Waals surface area (Å²) >= 11 is 0. The van der Waals surface area contributed by atoms with Crippen LogP contribution in [0, 0.1) is 25.5 Å². The van der Waals surface area contributed by atoms with Crippen LogP contribution in [0.2, 0.25) is 0 Å². The van der Waals surface area contributed by atoms with Crippen LogP contribution in [0.5, 0.6) is 0 Å². The molecule has 0 heterocycles. The Labute approximate surface area is 132 Å². The smallest absolute Gasteiger partial charge is 0.207 e. The Morgan fingerprint density at radius 2 is 1.39 bits per heavy atom. The second-order valence-corrected chi connectivity index (χ2v) is 5.99. The molecule has 0 spiro atoms. The number of halogens is 5. The summed E-state index contributed by atoms with van der Waals surface area (Å²) in [6.45, 7) is 6.32. The average molecular weight is 328 g/mol. The molecule has 0 radical (unpaired) electrons. The lowest BCUT2D eigenvalue weighted by molar-refractivity contribution is -0.137. The van der Waals surface area contributed by atoms with Gasteiger partial charge in [0.15, 0.2) is 0 Å². The zero-order chi connectivity index (χ0) is 17.5. The molecule has 0 fully saturated rings. The molecule has 5 heteroatoms. The standard InChI is InChI=1S/C18H17F5/c1-9(2)13-5-10(3)6-14(18(21,22)23)17(13)12-7-15(19)11(4)16(20)8-12/h5-9H,1-4H3. The zero-order valence-electron chi connectivity index (χ0n) is 13.3. The number of alkyl halides is 3. The van der Waals surface area contributed by atoms with Gasteiger partial charge in [0.25, 0.3) is 0 Å². The number of aryl methyl sites for hydroxylation is 1. The minimum Gasteiger partial charge on any atom is -0.207 e. The van der Waals surface area contributed by atoms with Crippen LogP contribution in [0.3, 0.4) is 0 Å². The molecule has 0 aromatic heterocycles. The first-order valence-electron chi connectivity index (χ1n) is 7.20. The van der Waals surface area contributed by atoms with Crippen LogP contribution in [-0.2, 0) is 6.18 Å². The summed E-state index contributed by atoms with van der Waals surface area (Å²) in [7, 11) is 0. The maximum absolute atomic E-state index is 13.8. The van der Waals surface area contributed by atoms with Crippen molar-refractivity contribution in [2.75, 3.05) is 0 Å². The summed E-state index contributed by atoms with van der Waals surface area (Å²) in [5.41, 5.74) is -0.459. The van der Waals surface area contributed by atoms with Crippen LogP contribution in [0.25, 0.3) is 11.1 Å². The maximum Gasteiger partial charge on any atom is 0.417 e. The number of hydrogen-bond donors (Lipinski definition) is 0. The topological polar surface area (TPSA) is 0 Å². The molecule has 0 saturated heterocycles. The summed E-state index contributed by atoms with van der Waals surface area (Å²) in [6, 6.07) is 4.57. The third-order valence-electron chi connectivity index (χ3n) is 3.81. The van der Waals surface area contributed by atoms with Crippen LogP contribution < -0.4 is 0 Å². The first kappa shape index (κ1) is 17.4. The van der Waals surface area contributed by atoms with E-state index in [9.17, 15) is 22.0 Å². The lowest BCUT2D eigenvalue weighted by Crippen LogP contribution is -2.11. The fraction of sp³-hybridized carbons (Fsp3) is 0.333. The quantitative estimate of drug-likeness (QED) is 0.560. The fourth-order valence-corrected chi connectivity index (χ4v) is 2.61. The molecule has 0 unspecified atom stereocenters. The molecule has 0 aliphatic carbocycles. The first-order valence-corrected chi connectivity index (χ1v) is 7.20. The zero-order valence-corrected chi connectivity index (χ0v) is 13.3. The molecule has 0 amide bonds. The molecular weight excluding hydrogens is 311 g/mol. The lowest BCUT2D eigenvalue weighted by Gasteiger charge is -2.21. The van der Waals surface area contributed by atoms with Gasteiger partial charge >= 0.3 is 6.18 Å². The van der Waals surface area contributed by atoms with Gasteiger partial charge in [-0.25, -0.2) is 8.78 Å². The molecule has 0 atom stereocenters. The van der Waals surface area contributed by atoms with Crippen LogP contribution >= 0.6 is 0 Å². The Morgan fingerprint density at radius 1 is 0.870 bits per heavy atom. The van der Waals surface area contributed by atoms with Gasteiger partial charge in [-0.2, -0.15) is 13.2 Å². The molecule has 0 bridgehead atoms. The van der Waals surface area contributed by atoms with Crippen molar-refractivity contribution in [1.29, 1.82) is 0 Å². The second-order valence-electron chi connectivity index (χ2n) is 5.99. The molecule has 124 valence electrons. The van der Waals surface area contributed by atoms with Crippen LogP contribution in [0.15, 0.2) is 24.3 Å². The third kappa shape index (κ3) is 3.38. The van der Waals surface area contributed by atoms with Gasteiger partial charge in [-0.15, -0.1) is 0 Å². The van der Waals surface area contributed by atoms with Crippen molar-refractivity contribution in [2.45, 2.75) is 39.8 Å². The Morgan fingerprint density at radius 3 is 1.83 bits per heavy atom. The third-order valence-corrected chi connectivity index (χ3v) is 3.81. The van der Waals surface area contributed by atoms with Crippen molar-refractivity contribution in [3.05, 3.63) is 58.2 Å². The van der Waals surface area contributed by atoms with Gasteiger partial charge in [-0.05, 0) is 54.7 Å². The van der Waals surface area contributed by atoms with E-state index in [-0.39, 0.29) is 22.6 Å². The first-order chi connectivity index (χ1) is 10.5. The van der Waals surface area contributed by atoms with Gasteiger partial charge in [0.05, 0.1) is 5.56 Å². The fourth-order valence-electron chi connectivity index (χ4n) is 2.61. The highest BCUT2D eigenvalue weighted by atomic mass is 19.4. The minimum absolute atomic E-state index is 0.0957. The summed E-state index contributed by atoms with van der Waals surface area (Å²) < 4.78 is 68.0. The Balaban J connectivity index is 2.89. The summed E-state index contributed by atoms with van der Waals surface area (Å²) in [6.07, 6.45) is -4.61. The number of rotatable bonds is 2. The van der Waals surface area contributed by atoms with Crippen LogP contribution in [0.1, 0.15) is 42.0 Å². The van der Waals surface area contributed by atoms with Crippen molar-refractivity contribution in [2.24, 2.45) is 0 Å². The number of hydrogen-bond acceptors (Lipinski definition) is 0. The number of benzene rings is 2. The van der Waals surface area contributed by atoms with Crippen molar-refractivity contribution in [3.8, 4) is 11.1 Å². The summed E-state index contributed by atoms with van der Waals surface area (Å²) in [5, 5.41) is 0. The van der Waals surface area contributed by atoms with Gasteiger partial charge < -0.3 is 0 Å². The molecule has 2 rings (SSSR count). The predicted octanol–water partition coefficient (Wildman–Crippen LogP) is 6.39. The Bertz CT molecular complexity index is 719. The summed E-state index contributed by atoms with van der Waals surface area (Å²) in [5.74, 6) is -1.94. The lowest BCUT2D eigenvalue weighted by atomic mass is 9.86. The largest absolute Gasteiger partial charge is 0.417 e. The normalized spacial score (nSPS) is 12.1. The second kappa shape index (κ2) is 5.95. The average Bonchev–Trinajstić information content (AvgIpc) is 2.42. The maximum atomic E-state index is 13.8. The van der Waals surface area contributed by atoms with E-state index < -0.39 is 23.4 Å². The SMILES string of the molecule is Cc1cc(C(C)C)c(-c2cc(F)c(C)c(F)c2)c(C(F)(F)F)c1. The molecule has 0 aliphatic rings. The highest BCUT2D eigenvalue weighted by Crippen LogP contribution is 2.42. The van der Waals surface area contributed by atoms with E-state index in [1.807, 2.05) is 0 Å². The van der Waals surface area contributed by atoms with Gasteiger partial charge in [0.1, 0.15) is 11.6 Å². The molecule has 2 aromatic rings. The van der Waals surface area contributed by atoms with E-state index in [1.54, 1.807) is 26.8 Å². The van der Waals surface area contributed by atoms with E-state index in [1.165, 1.54) is 6.92 Å². The van der Waals surface area contributed by atoms with Crippen LogP contribution in [0.4, 0.5) is 22.0 Å².